The number of carboxylic acids is 2. The minimum absolute atomic E-state index is 0.0925. The number of hydrogen-bond donors (Lipinski definition) is 2. The molecule has 0 fully saturated rings. The van der Waals surface area contributed by atoms with Crippen LogP contribution in [0.2, 0.25) is 0 Å². The third kappa shape index (κ3) is 2.21. The van der Waals surface area contributed by atoms with Crippen LogP contribution in [0, 0.1) is 10.1 Å². The molecule has 0 aromatic heterocycles. The molecule has 96 valence electrons. The van der Waals surface area contributed by atoms with Crippen LogP contribution >= 0.6 is 0 Å². The minimum Gasteiger partial charge on any atom is -0.478 e. The van der Waals surface area contributed by atoms with Crippen LogP contribution in [-0.2, 0) is 0 Å². The Labute approximate surface area is 105 Å². The molecule has 19 heavy (non-hydrogen) atoms. The van der Waals surface area contributed by atoms with Gasteiger partial charge in [-0.15, -0.1) is 0 Å². The Balaban J connectivity index is 2.83. The average molecular weight is 261 g/mol. The molecular formula is C12H7NO6. The van der Waals surface area contributed by atoms with Crippen LogP contribution in [0.5, 0.6) is 0 Å². The van der Waals surface area contributed by atoms with Crippen LogP contribution < -0.4 is 0 Å². The van der Waals surface area contributed by atoms with Crippen LogP contribution in [0.4, 0.5) is 5.69 Å². The summed E-state index contributed by atoms with van der Waals surface area (Å²) in [7, 11) is 0. The van der Waals surface area contributed by atoms with Crippen molar-refractivity contribution in [1.29, 1.82) is 0 Å². The molecule has 2 rings (SSSR count). The van der Waals surface area contributed by atoms with Crippen LogP contribution in [0.15, 0.2) is 30.3 Å². The predicted molar refractivity (Wildman–Crippen MR) is 64.5 cm³/mol. The van der Waals surface area contributed by atoms with E-state index in [1.54, 1.807) is 0 Å². The van der Waals surface area contributed by atoms with Gasteiger partial charge in [-0.3, -0.25) is 10.1 Å². The van der Waals surface area contributed by atoms with Gasteiger partial charge < -0.3 is 10.2 Å². The number of aromatic carboxylic acids is 2. The molecule has 0 saturated heterocycles. The maximum Gasteiger partial charge on any atom is 0.335 e. The first-order valence-electron chi connectivity index (χ1n) is 5.09. The first-order valence-corrected chi connectivity index (χ1v) is 5.09. The Morgan fingerprint density at radius 3 is 2.16 bits per heavy atom. The number of nitro benzene ring substituents is 1. The van der Waals surface area contributed by atoms with Crippen molar-refractivity contribution in [3.8, 4) is 0 Å². The molecule has 0 spiro atoms. The van der Waals surface area contributed by atoms with Gasteiger partial charge >= 0.3 is 11.9 Å². The summed E-state index contributed by atoms with van der Waals surface area (Å²) in [5.74, 6) is -2.49. The number of fused-ring (bicyclic) bond motifs is 1. The topological polar surface area (TPSA) is 118 Å². The molecule has 0 aliphatic heterocycles. The second kappa shape index (κ2) is 4.37. The van der Waals surface area contributed by atoms with Crippen molar-refractivity contribution in [2.45, 2.75) is 0 Å². The maximum absolute atomic E-state index is 10.9. The van der Waals surface area contributed by atoms with Gasteiger partial charge in [-0.25, -0.2) is 9.59 Å². The molecule has 0 saturated carbocycles. The van der Waals surface area contributed by atoms with Crippen molar-refractivity contribution in [2.75, 3.05) is 0 Å². The van der Waals surface area contributed by atoms with E-state index in [0.717, 1.165) is 12.1 Å². The fourth-order valence-electron chi connectivity index (χ4n) is 1.75. The molecule has 2 aromatic rings. The van der Waals surface area contributed by atoms with Gasteiger partial charge in [-0.1, -0.05) is 6.07 Å². The van der Waals surface area contributed by atoms with Gasteiger partial charge in [-0.2, -0.15) is 0 Å². The zero-order chi connectivity index (χ0) is 14.2. The molecule has 7 heteroatoms. The van der Waals surface area contributed by atoms with Gasteiger partial charge in [0.15, 0.2) is 0 Å². The average Bonchev–Trinajstić information content (AvgIpc) is 2.36. The van der Waals surface area contributed by atoms with Gasteiger partial charge in [-0.05, 0) is 23.6 Å². The summed E-state index contributed by atoms with van der Waals surface area (Å²) in [6.45, 7) is 0. The summed E-state index contributed by atoms with van der Waals surface area (Å²) in [6, 6.07) is 5.94. The third-order valence-electron chi connectivity index (χ3n) is 2.62. The summed E-state index contributed by atoms with van der Waals surface area (Å²) in [6.07, 6.45) is 0. The highest BCUT2D eigenvalue weighted by Gasteiger charge is 2.18. The Morgan fingerprint density at radius 2 is 1.63 bits per heavy atom. The fraction of sp³-hybridized carbons (Fsp3) is 0. The maximum atomic E-state index is 10.9. The number of carboxylic acid groups (broad SMARTS) is 2. The van der Waals surface area contributed by atoms with Gasteiger partial charge in [0.25, 0.3) is 5.69 Å². The summed E-state index contributed by atoms with van der Waals surface area (Å²) in [5.41, 5.74) is -0.751. The van der Waals surface area contributed by atoms with Crippen molar-refractivity contribution in [3.05, 3.63) is 51.6 Å². The largest absolute Gasteiger partial charge is 0.478 e. The lowest BCUT2D eigenvalue weighted by Gasteiger charge is -2.03. The number of rotatable bonds is 3. The number of non-ortho nitro benzene ring substituents is 1. The number of hydrogen-bond acceptors (Lipinski definition) is 4. The van der Waals surface area contributed by atoms with Crippen LogP contribution in [0.3, 0.4) is 0 Å². The van der Waals surface area contributed by atoms with Crippen molar-refractivity contribution < 1.29 is 24.7 Å². The highest BCUT2D eigenvalue weighted by atomic mass is 16.6. The Bertz CT molecular complexity index is 721. The molecule has 2 aromatic carbocycles. The zero-order valence-corrected chi connectivity index (χ0v) is 9.36. The fourth-order valence-corrected chi connectivity index (χ4v) is 1.75. The van der Waals surface area contributed by atoms with E-state index >= 15 is 0 Å². The molecule has 0 amide bonds. The van der Waals surface area contributed by atoms with Crippen molar-refractivity contribution in [3.63, 3.8) is 0 Å². The standard InChI is InChI=1S/C12H7NO6/c14-11(15)7-2-1-6-3-8(12(16)17)5-10(13(18)19)9(6)4-7/h1-5H,(H,14,15)(H,16,17). The van der Waals surface area contributed by atoms with Crippen LogP contribution in [-0.4, -0.2) is 27.1 Å². The smallest absolute Gasteiger partial charge is 0.335 e. The van der Waals surface area contributed by atoms with Gasteiger partial charge in [0.2, 0.25) is 0 Å². The summed E-state index contributed by atoms with van der Waals surface area (Å²) >= 11 is 0. The first kappa shape index (κ1) is 12.5. The minimum atomic E-state index is -1.28. The third-order valence-corrected chi connectivity index (χ3v) is 2.62. The quantitative estimate of drug-likeness (QED) is 0.645. The predicted octanol–water partition coefficient (Wildman–Crippen LogP) is 2.14. The molecule has 0 heterocycles. The lowest BCUT2D eigenvalue weighted by molar-refractivity contribution is -0.383. The molecule has 0 radical (unpaired) electrons. The normalized spacial score (nSPS) is 10.3. The molecule has 2 N–H and O–H groups in total. The van der Waals surface area contributed by atoms with E-state index in [1.807, 2.05) is 0 Å². The SMILES string of the molecule is O=C(O)c1cc([N+](=O)[O-])c2cc(C(=O)O)ccc2c1. The number of nitrogens with zero attached hydrogens (tertiary/aromatic N) is 1. The highest BCUT2D eigenvalue weighted by molar-refractivity contribution is 6.02. The van der Waals surface area contributed by atoms with E-state index in [4.69, 9.17) is 10.2 Å². The summed E-state index contributed by atoms with van der Waals surface area (Å²) in [4.78, 5) is 31.9. The number of benzene rings is 2. The Kier molecular flexibility index (Phi) is 2.88. The Hall–Kier alpha value is -2.96. The number of nitro groups is 1. The van der Waals surface area contributed by atoms with E-state index in [0.29, 0.717) is 5.39 Å². The lowest BCUT2D eigenvalue weighted by Crippen LogP contribution is -2.01. The van der Waals surface area contributed by atoms with E-state index in [1.165, 1.54) is 18.2 Å². The molecule has 0 aliphatic carbocycles. The first-order chi connectivity index (χ1) is 8.90. The van der Waals surface area contributed by atoms with E-state index in [-0.39, 0.29) is 16.5 Å². The molecule has 0 aliphatic rings. The monoisotopic (exact) mass is 261 g/mol. The van der Waals surface area contributed by atoms with E-state index in [9.17, 15) is 19.7 Å². The molecule has 0 unspecified atom stereocenters. The van der Waals surface area contributed by atoms with E-state index < -0.39 is 22.5 Å². The van der Waals surface area contributed by atoms with Crippen molar-refractivity contribution in [1.82, 2.24) is 0 Å². The zero-order valence-electron chi connectivity index (χ0n) is 9.36. The molecule has 0 atom stereocenters. The molecular weight excluding hydrogens is 254 g/mol. The van der Waals surface area contributed by atoms with Gasteiger partial charge in [0, 0.05) is 6.07 Å². The highest BCUT2D eigenvalue weighted by Crippen LogP contribution is 2.28. The molecule has 0 bridgehead atoms. The second-order valence-electron chi connectivity index (χ2n) is 3.80. The summed E-state index contributed by atoms with van der Waals surface area (Å²) in [5, 5.41) is 29.1. The van der Waals surface area contributed by atoms with Gasteiger partial charge in [0.1, 0.15) is 0 Å². The second-order valence-corrected chi connectivity index (χ2v) is 3.80. The van der Waals surface area contributed by atoms with Crippen LogP contribution in [0.1, 0.15) is 20.7 Å². The van der Waals surface area contributed by atoms with Crippen LogP contribution in [0.25, 0.3) is 10.8 Å². The molecule has 7 nitrogen and oxygen atoms in total. The van der Waals surface area contributed by atoms with Gasteiger partial charge in [0.05, 0.1) is 21.4 Å². The lowest BCUT2D eigenvalue weighted by atomic mass is 10.0. The number of carbonyl (C=O) groups is 2. The van der Waals surface area contributed by atoms with Crippen molar-refractivity contribution >= 4 is 28.4 Å². The van der Waals surface area contributed by atoms with Crippen molar-refractivity contribution in [2.24, 2.45) is 0 Å². The Morgan fingerprint density at radius 1 is 1.00 bits per heavy atom. The summed E-state index contributed by atoms with van der Waals surface area (Å²) < 4.78 is 0. The van der Waals surface area contributed by atoms with E-state index in [2.05, 4.69) is 0 Å².